The Morgan fingerprint density at radius 2 is 1.96 bits per heavy atom. The molecule has 0 aliphatic carbocycles. The summed E-state index contributed by atoms with van der Waals surface area (Å²) >= 11 is 3.46. The average Bonchev–Trinajstić information content (AvgIpc) is 3.18. The Labute approximate surface area is 154 Å². The molecule has 6 heteroatoms. The topological polar surface area (TPSA) is 38.6 Å². The molecule has 0 amide bonds. The van der Waals surface area contributed by atoms with Gasteiger partial charge < -0.3 is 10.1 Å². The number of rotatable bonds is 6. The van der Waals surface area contributed by atoms with Crippen molar-refractivity contribution in [3.8, 4) is 11.3 Å². The van der Waals surface area contributed by atoms with Crippen molar-refractivity contribution < 1.29 is 4.74 Å². The van der Waals surface area contributed by atoms with E-state index in [-0.39, 0.29) is 0 Å². The van der Waals surface area contributed by atoms with Crippen molar-refractivity contribution in [3.63, 3.8) is 0 Å². The largest absolute Gasteiger partial charge is 0.383 e. The summed E-state index contributed by atoms with van der Waals surface area (Å²) in [4.78, 5) is 7.18. The van der Waals surface area contributed by atoms with E-state index in [0.29, 0.717) is 6.61 Å². The highest BCUT2D eigenvalue weighted by Gasteiger charge is 2.17. The van der Waals surface area contributed by atoms with Crippen LogP contribution < -0.4 is 5.32 Å². The Hall–Kier alpha value is -2.02. The summed E-state index contributed by atoms with van der Waals surface area (Å²) in [7, 11) is 1.72. The molecule has 0 atom stereocenters. The molecule has 2 aromatic heterocycles. The van der Waals surface area contributed by atoms with E-state index in [1.807, 2.05) is 0 Å². The summed E-state index contributed by atoms with van der Waals surface area (Å²) in [6.07, 6.45) is 2.09. The molecule has 4 rings (SSSR count). The molecule has 4 nitrogen and oxygen atoms in total. The van der Waals surface area contributed by atoms with Crippen molar-refractivity contribution in [1.29, 1.82) is 0 Å². The SMILES string of the molecule is COCCNc1c(-c2ccc(SC)cc2)nc2sc3ccccc3n12. The zero-order valence-corrected chi connectivity index (χ0v) is 15.8. The third kappa shape index (κ3) is 3.01. The lowest BCUT2D eigenvalue weighted by atomic mass is 10.1. The van der Waals surface area contributed by atoms with Gasteiger partial charge >= 0.3 is 0 Å². The second-order valence-electron chi connectivity index (χ2n) is 5.64. The molecule has 128 valence electrons. The summed E-state index contributed by atoms with van der Waals surface area (Å²) < 4.78 is 8.66. The van der Waals surface area contributed by atoms with Crippen molar-refractivity contribution in [2.24, 2.45) is 0 Å². The van der Waals surface area contributed by atoms with Gasteiger partial charge in [0.2, 0.25) is 0 Å². The average molecular weight is 370 g/mol. The van der Waals surface area contributed by atoms with E-state index in [9.17, 15) is 0 Å². The van der Waals surface area contributed by atoms with Gasteiger partial charge in [-0.05, 0) is 30.5 Å². The highest BCUT2D eigenvalue weighted by molar-refractivity contribution is 7.98. The van der Waals surface area contributed by atoms with E-state index < -0.39 is 0 Å². The fourth-order valence-corrected chi connectivity index (χ4v) is 4.34. The third-order valence-corrected chi connectivity index (χ3v) is 5.88. The highest BCUT2D eigenvalue weighted by atomic mass is 32.2. The second-order valence-corrected chi connectivity index (χ2v) is 7.53. The normalized spacial score (nSPS) is 11.4. The molecule has 0 radical (unpaired) electrons. The molecule has 0 aliphatic heterocycles. The zero-order valence-electron chi connectivity index (χ0n) is 14.2. The van der Waals surface area contributed by atoms with E-state index in [1.165, 1.54) is 15.1 Å². The number of fused-ring (bicyclic) bond motifs is 3. The van der Waals surface area contributed by atoms with E-state index in [0.717, 1.165) is 28.6 Å². The first-order chi connectivity index (χ1) is 12.3. The van der Waals surface area contributed by atoms with Crippen molar-refractivity contribution in [3.05, 3.63) is 48.5 Å². The van der Waals surface area contributed by atoms with Crippen LogP contribution in [0.3, 0.4) is 0 Å². The van der Waals surface area contributed by atoms with Gasteiger partial charge in [0.1, 0.15) is 11.5 Å². The number of nitrogens with zero attached hydrogens (tertiary/aromatic N) is 2. The van der Waals surface area contributed by atoms with Crippen molar-refractivity contribution in [1.82, 2.24) is 9.38 Å². The lowest BCUT2D eigenvalue weighted by Crippen LogP contribution is -2.09. The van der Waals surface area contributed by atoms with E-state index in [4.69, 9.17) is 9.72 Å². The quantitative estimate of drug-likeness (QED) is 0.384. The maximum Gasteiger partial charge on any atom is 0.197 e. The molecule has 0 spiro atoms. The predicted octanol–water partition coefficient (Wildman–Crippen LogP) is 5.00. The predicted molar refractivity (Wildman–Crippen MR) is 108 cm³/mol. The lowest BCUT2D eigenvalue weighted by Gasteiger charge is -2.09. The molecule has 0 saturated carbocycles. The van der Waals surface area contributed by atoms with E-state index >= 15 is 0 Å². The van der Waals surface area contributed by atoms with Gasteiger partial charge in [0, 0.05) is 24.1 Å². The molecule has 0 aliphatic rings. The van der Waals surface area contributed by atoms with Crippen LogP contribution in [0.2, 0.25) is 0 Å². The monoisotopic (exact) mass is 369 g/mol. The molecular weight excluding hydrogens is 350 g/mol. The maximum atomic E-state index is 5.20. The Morgan fingerprint density at radius 3 is 2.72 bits per heavy atom. The minimum atomic E-state index is 0.653. The number of imidazole rings is 1. The van der Waals surface area contributed by atoms with Crippen molar-refractivity contribution in [2.75, 3.05) is 31.8 Å². The zero-order chi connectivity index (χ0) is 17.2. The van der Waals surface area contributed by atoms with E-state index in [1.54, 1.807) is 30.2 Å². The Kier molecular flexibility index (Phi) is 4.65. The van der Waals surface area contributed by atoms with Gasteiger partial charge in [-0.15, -0.1) is 11.8 Å². The number of ether oxygens (including phenoxy) is 1. The van der Waals surface area contributed by atoms with Gasteiger partial charge in [0.25, 0.3) is 0 Å². The molecular formula is C19H19N3OS2. The minimum absolute atomic E-state index is 0.653. The lowest BCUT2D eigenvalue weighted by molar-refractivity contribution is 0.210. The fourth-order valence-electron chi connectivity index (χ4n) is 2.90. The molecule has 0 saturated heterocycles. The smallest absolute Gasteiger partial charge is 0.197 e. The summed E-state index contributed by atoms with van der Waals surface area (Å²) in [5.41, 5.74) is 3.29. The first-order valence-electron chi connectivity index (χ1n) is 8.09. The number of anilines is 1. The van der Waals surface area contributed by atoms with Gasteiger partial charge in [-0.3, -0.25) is 4.40 Å². The first-order valence-corrected chi connectivity index (χ1v) is 10.1. The van der Waals surface area contributed by atoms with Crippen LogP contribution in [-0.2, 0) is 4.74 Å². The summed E-state index contributed by atoms with van der Waals surface area (Å²) in [6.45, 7) is 1.39. The molecule has 2 aromatic carbocycles. The Bertz CT molecular complexity index is 1000. The number of para-hydroxylation sites is 1. The summed E-state index contributed by atoms with van der Waals surface area (Å²) in [5.74, 6) is 1.03. The number of thioether (sulfide) groups is 1. The number of hydrogen-bond donors (Lipinski definition) is 1. The van der Waals surface area contributed by atoms with Crippen LogP contribution in [0.5, 0.6) is 0 Å². The van der Waals surface area contributed by atoms with Crippen LogP contribution in [0.1, 0.15) is 0 Å². The summed E-state index contributed by atoms with van der Waals surface area (Å²) in [5, 5.41) is 3.52. The standard InChI is InChI=1S/C19H19N3OS2/c1-23-12-11-20-18-17(13-7-9-14(24-2)10-8-13)21-19-22(18)15-5-3-4-6-16(15)25-19/h3-10,20H,11-12H2,1-2H3. The number of hydrogen-bond acceptors (Lipinski definition) is 5. The fraction of sp³-hybridized carbons (Fsp3) is 0.211. The number of nitrogens with one attached hydrogen (secondary N) is 1. The number of benzene rings is 2. The highest BCUT2D eigenvalue weighted by Crippen LogP contribution is 2.36. The molecule has 0 fully saturated rings. The van der Waals surface area contributed by atoms with Gasteiger partial charge in [0.15, 0.2) is 4.96 Å². The van der Waals surface area contributed by atoms with Crippen LogP contribution in [0, 0.1) is 0 Å². The number of methoxy groups -OCH3 is 1. The molecule has 4 aromatic rings. The van der Waals surface area contributed by atoms with Crippen LogP contribution in [0.4, 0.5) is 5.82 Å². The molecule has 0 unspecified atom stereocenters. The molecule has 25 heavy (non-hydrogen) atoms. The number of thiazole rings is 1. The molecule has 1 N–H and O–H groups in total. The Morgan fingerprint density at radius 1 is 1.16 bits per heavy atom. The number of aromatic nitrogens is 2. The first kappa shape index (κ1) is 16.4. The van der Waals surface area contributed by atoms with Crippen LogP contribution in [0.15, 0.2) is 53.4 Å². The maximum absolute atomic E-state index is 5.20. The summed E-state index contributed by atoms with van der Waals surface area (Å²) in [6, 6.07) is 17.0. The van der Waals surface area contributed by atoms with Crippen LogP contribution in [-0.4, -0.2) is 35.9 Å². The van der Waals surface area contributed by atoms with Gasteiger partial charge in [-0.1, -0.05) is 35.6 Å². The van der Waals surface area contributed by atoms with Crippen molar-refractivity contribution >= 4 is 44.1 Å². The second kappa shape index (κ2) is 7.07. The van der Waals surface area contributed by atoms with E-state index in [2.05, 4.69) is 64.5 Å². The van der Waals surface area contributed by atoms with Crippen LogP contribution >= 0.6 is 23.1 Å². The Balaban J connectivity index is 1.88. The van der Waals surface area contributed by atoms with Gasteiger partial charge in [-0.2, -0.15) is 0 Å². The molecule has 0 bridgehead atoms. The molecule has 2 heterocycles. The minimum Gasteiger partial charge on any atom is -0.383 e. The van der Waals surface area contributed by atoms with Crippen LogP contribution in [0.25, 0.3) is 26.4 Å². The van der Waals surface area contributed by atoms with Gasteiger partial charge in [0.05, 0.1) is 16.8 Å². The third-order valence-electron chi connectivity index (χ3n) is 4.12. The van der Waals surface area contributed by atoms with Crippen molar-refractivity contribution in [2.45, 2.75) is 4.90 Å². The van der Waals surface area contributed by atoms with Gasteiger partial charge in [-0.25, -0.2) is 4.98 Å².